The smallest absolute Gasteiger partial charge is 0.137 e. The van der Waals surface area contributed by atoms with Gasteiger partial charge >= 0.3 is 0 Å². The van der Waals surface area contributed by atoms with E-state index in [1.54, 1.807) is 0 Å². The van der Waals surface area contributed by atoms with Gasteiger partial charge in [-0.1, -0.05) is 13.8 Å². The first-order chi connectivity index (χ1) is 8.76. The summed E-state index contributed by atoms with van der Waals surface area (Å²) >= 11 is 0. The fourth-order valence-corrected chi connectivity index (χ4v) is 1.99. The normalized spacial score (nSPS) is 11.1. The molecule has 18 heavy (non-hydrogen) atoms. The Kier molecular flexibility index (Phi) is 4.20. The molecule has 2 aromatic rings. The molecule has 2 rings (SSSR count). The van der Waals surface area contributed by atoms with Gasteiger partial charge in [0.25, 0.3) is 0 Å². The third kappa shape index (κ3) is 2.64. The third-order valence-corrected chi connectivity index (χ3v) is 3.01. The maximum absolute atomic E-state index is 5.83. The van der Waals surface area contributed by atoms with Crippen LogP contribution in [0.4, 0.5) is 0 Å². The first-order valence-corrected chi connectivity index (χ1v) is 6.58. The van der Waals surface area contributed by atoms with Crippen LogP contribution in [-0.4, -0.2) is 16.3 Å². The quantitative estimate of drug-likeness (QED) is 0.853. The Bertz CT molecular complexity index is 499. The maximum Gasteiger partial charge on any atom is 0.137 e. The lowest BCUT2D eigenvalue weighted by molar-refractivity contribution is 0.498. The zero-order valence-electron chi connectivity index (χ0n) is 11.4. The fraction of sp³-hybridized carbons (Fsp3) is 0.500. The van der Waals surface area contributed by atoms with Gasteiger partial charge < -0.3 is 9.73 Å². The van der Waals surface area contributed by atoms with Crippen LogP contribution in [0.1, 0.15) is 31.7 Å². The van der Waals surface area contributed by atoms with E-state index in [0.29, 0.717) is 0 Å². The SMILES string of the molecule is CCCn1ncc(-c2ccc(CNCC)o2)c1C. The maximum atomic E-state index is 5.83. The standard InChI is InChI=1S/C14H21N3O/c1-4-8-17-11(3)13(10-16-17)14-7-6-12(18-14)9-15-5-2/h6-7,10,15H,4-5,8-9H2,1-3H3. The van der Waals surface area contributed by atoms with Gasteiger partial charge in [-0.2, -0.15) is 5.10 Å². The molecule has 2 aromatic heterocycles. The largest absolute Gasteiger partial charge is 0.460 e. The Morgan fingerprint density at radius 3 is 2.89 bits per heavy atom. The fourth-order valence-electron chi connectivity index (χ4n) is 1.99. The summed E-state index contributed by atoms with van der Waals surface area (Å²) in [5.74, 6) is 1.87. The Balaban J connectivity index is 2.18. The lowest BCUT2D eigenvalue weighted by atomic mass is 10.2. The molecule has 0 aliphatic carbocycles. The van der Waals surface area contributed by atoms with Gasteiger partial charge in [-0.05, 0) is 32.0 Å². The van der Waals surface area contributed by atoms with Gasteiger partial charge in [-0.25, -0.2) is 0 Å². The number of aromatic nitrogens is 2. The van der Waals surface area contributed by atoms with Gasteiger partial charge in [0.2, 0.25) is 0 Å². The van der Waals surface area contributed by atoms with Crippen molar-refractivity contribution in [3.63, 3.8) is 0 Å². The highest BCUT2D eigenvalue weighted by Crippen LogP contribution is 2.25. The molecular formula is C14H21N3O. The van der Waals surface area contributed by atoms with Crippen LogP contribution in [0.15, 0.2) is 22.7 Å². The number of nitrogens with zero attached hydrogens (tertiary/aromatic N) is 2. The van der Waals surface area contributed by atoms with Crippen LogP contribution in [0.2, 0.25) is 0 Å². The predicted octanol–water partition coefficient (Wildman–Crippen LogP) is 2.97. The molecule has 0 aliphatic rings. The summed E-state index contributed by atoms with van der Waals surface area (Å²) in [6.45, 7) is 9.01. The number of hydrogen-bond donors (Lipinski definition) is 1. The summed E-state index contributed by atoms with van der Waals surface area (Å²) in [6, 6.07) is 4.04. The molecule has 0 saturated heterocycles. The summed E-state index contributed by atoms with van der Waals surface area (Å²) in [4.78, 5) is 0. The Morgan fingerprint density at radius 2 is 2.17 bits per heavy atom. The zero-order chi connectivity index (χ0) is 13.0. The second-order valence-electron chi connectivity index (χ2n) is 4.41. The predicted molar refractivity (Wildman–Crippen MR) is 72.3 cm³/mol. The molecule has 4 heteroatoms. The minimum absolute atomic E-state index is 0.776. The Hall–Kier alpha value is -1.55. The molecule has 1 N–H and O–H groups in total. The van der Waals surface area contributed by atoms with Crippen molar-refractivity contribution in [3.8, 4) is 11.3 Å². The van der Waals surface area contributed by atoms with Crippen LogP contribution in [-0.2, 0) is 13.1 Å². The van der Waals surface area contributed by atoms with Gasteiger partial charge in [-0.15, -0.1) is 0 Å². The topological polar surface area (TPSA) is 43.0 Å². The van der Waals surface area contributed by atoms with Crippen molar-refractivity contribution in [2.24, 2.45) is 0 Å². The second kappa shape index (κ2) is 5.87. The van der Waals surface area contributed by atoms with E-state index in [1.807, 2.05) is 23.0 Å². The molecule has 0 bridgehead atoms. The Morgan fingerprint density at radius 1 is 1.33 bits per heavy atom. The molecule has 98 valence electrons. The number of aryl methyl sites for hydroxylation is 1. The average molecular weight is 247 g/mol. The van der Waals surface area contributed by atoms with Gasteiger partial charge in [0.05, 0.1) is 18.3 Å². The Labute approximate surface area is 108 Å². The summed E-state index contributed by atoms with van der Waals surface area (Å²) in [6.07, 6.45) is 2.98. The molecule has 0 fully saturated rings. The van der Waals surface area contributed by atoms with Crippen LogP contribution in [0.3, 0.4) is 0 Å². The lowest BCUT2D eigenvalue weighted by Gasteiger charge is -2.02. The van der Waals surface area contributed by atoms with E-state index < -0.39 is 0 Å². The van der Waals surface area contributed by atoms with Crippen molar-refractivity contribution < 1.29 is 4.42 Å². The van der Waals surface area contributed by atoms with Crippen molar-refractivity contribution in [1.82, 2.24) is 15.1 Å². The first kappa shape index (κ1) is 12.9. The highest BCUT2D eigenvalue weighted by atomic mass is 16.3. The van der Waals surface area contributed by atoms with Crippen molar-refractivity contribution in [2.45, 2.75) is 40.3 Å². The highest BCUT2D eigenvalue weighted by Gasteiger charge is 2.11. The summed E-state index contributed by atoms with van der Waals surface area (Å²) in [5, 5.41) is 7.65. The molecule has 0 spiro atoms. The van der Waals surface area contributed by atoms with Crippen molar-refractivity contribution in [1.29, 1.82) is 0 Å². The summed E-state index contributed by atoms with van der Waals surface area (Å²) in [7, 11) is 0. The molecule has 0 aromatic carbocycles. The average Bonchev–Trinajstić information content (AvgIpc) is 2.95. The number of furan rings is 1. The van der Waals surface area contributed by atoms with Crippen LogP contribution in [0.25, 0.3) is 11.3 Å². The van der Waals surface area contributed by atoms with Crippen LogP contribution < -0.4 is 5.32 Å². The van der Waals surface area contributed by atoms with Crippen molar-refractivity contribution >= 4 is 0 Å². The first-order valence-electron chi connectivity index (χ1n) is 6.58. The minimum Gasteiger partial charge on any atom is -0.460 e. The van der Waals surface area contributed by atoms with Gasteiger partial charge in [0.1, 0.15) is 11.5 Å². The lowest BCUT2D eigenvalue weighted by Crippen LogP contribution is -2.10. The van der Waals surface area contributed by atoms with Crippen molar-refractivity contribution in [3.05, 3.63) is 29.8 Å². The van der Waals surface area contributed by atoms with E-state index in [4.69, 9.17) is 4.42 Å². The molecule has 0 amide bonds. The summed E-state index contributed by atoms with van der Waals surface area (Å²) in [5.41, 5.74) is 2.26. The van der Waals surface area contributed by atoms with E-state index in [0.717, 1.165) is 43.1 Å². The van der Waals surface area contributed by atoms with E-state index in [2.05, 4.69) is 31.2 Å². The zero-order valence-corrected chi connectivity index (χ0v) is 11.4. The molecule has 0 atom stereocenters. The molecule has 0 radical (unpaired) electrons. The van der Waals surface area contributed by atoms with Gasteiger partial charge in [0.15, 0.2) is 0 Å². The van der Waals surface area contributed by atoms with Crippen LogP contribution in [0, 0.1) is 6.92 Å². The van der Waals surface area contributed by atoms with E-state index in [1.165, 1.54) is 5.69 Å². The highest BCUT2D eigenvalue weighted by molar-refractivity contribution is 5.59. The molecule has 0 unspecified atom stereocenters. The van der Waals surface area contributed by atoms with E-state index in [9.17, 15) is 0 Å². The minimum atomic E-state index is 0.776. The number of rotatable bonds is 6. The molecule has 0 saturated carbocycles. The summed E-state index contributed by atoms with van der Waals surface area (Å²) < 4.78 is 7.86. The molecule has 4 nitrogen and oxygen atoms in total. The van der Waals surface area contributed by atoms with Gasteiger partial charge in [-0.3, -0.25) is 4.68 Å². The monoisotopic (exact) mass is 247 g/mol. The number of nitrogens with one attached hydrogen (secondary N) is 1. The van der Waals surface area contributed by atoms with Gasteiger partial charge in [0, 0.05) is 12.2 Å². The number of hydrogen-bond acceptors (Lipinski definition) is 3. The second-order valence-corrected chi connectivity index (χ2v) is 4.41. The molecule has 2 heterocycles. The third-order valence-electron chi connectivity index (χ3n) is 3.01. The van der Waals surface area contributed by atoms with Crippen LogP contribution >= 0.6 is 0 Å². The van der Waals surface area contributed by atoms with E-state index >= 15 is 0 Å². The molecular weight excluding hydrogens is 226 g/mol. The molecule has 0 aliphatic heterocycles. The van der Waals surface area contributed by atoms with E-state index in [-0.39, 0.29) is 0 Å². The van der Waals surface area contributed by atoms with Crippen LogP contribution in [0.5, 0.6) is 0 Å². The van der Waals surface area contributed by atoms with Crippen molar-refractivity contribution in [2.75, 3.05) is 6.54 Å².